The van der Waals surface area contributed by atoms with E-state index in [4.69, 9.17) is 0 Å². The largest absolute Gasteiger partial charge is 0.480 e. The molecule has 5 nitrogen and oxygen atoms in total. The van der Waals surface area contributed by atoms with Crippen LogP contribution >= 0.6 is 0 Å². The first-order chi connectivity index (χ1) is 10.5. The van der Waals surface area contributed by atoms with Crippen LogP contribution in [0, 0.1) is 25.2 Å². The minimum absolute atomic E-state index is 0.130. The zero-order chi connectivity index (χ0) is 16.3. The molecule has 0 radical (unpaired) electrons. The Kier molecular flexibility index (Phi) is 4.62. The van der Waals surface area contributed by atoms with Gasteiger partial charge in [-0.05, 0) is 31.9 Å². The lowest BCUT2D eigenvalue weighted by molar-refractivity contribution is -0.135. The fraction of sp³-hybridized carbons (Fsp3) is 0.353. The summed E-state index contributed by atoms with van der Waals surface area (Å²) in [6.45, 7) is 6.39. The number of aliphatic carboxylic acids is 1. The molecule has 0 amide bonds. The number of anilines is 1. The molecule has 0 aliphatic heterocycles. The maximum absolute atomic E-state index is 11.2. The second-order valence-electron chi connectivity index (χ2n) is 5.43. The molecule has 1 aromatic heterocycles. The summed E-state index contributed by atoms with van der Waals surface area (Å²) in [5.41, 5.74) is 3.98. The minimum atomic E-state index is -0.910. The molecule has 1 N–H and O–H groups in total. The number of pyridine rings is 1. The maximum atomic E-state index is 11.2. The third-order valence-electron chi connectivity index (χ3n) is 3.53. The van der Waals surface area contributed by atoms with Gasteiger partial charge in [-0.3, -0.25) is 9.78 Å². The Morgan fingerprint density at radius 2 is 2.14 bits per heavy atom. The van der Waals surface area contributed by atoms with Crippen LogP contribution in [0.1, 0.15) is 30.0 Å². The molecular weight excluding hydrogens is 278 g/mol. The summed E-state index contributed by atoms with van der Waals surface area (Å²) < 4.78 is 0. The van der Waals surface area contributed by atoms with Crippen LogP contribution in [0.25, 0.3) is 10.9 Å². The SMILES string of the molecule is CCCN(CC(=O)O)c1c(C#N)cnc2c(C)cc(C)cc12. The molecular formula is C17H19N3O2. The van der Waals surface area contributed by atoms with Crippen LogP contribution in [0.4, 0.5) is 5.69 Å². The number of carboxylic acid groups (broad SMARTS) is 1. The number of rotatable bonds is 5. The van der Waals surface area contributed by atoms with E-state index in [9.17, 15) is 15.2 Å². The summed E-state index contributed by atoms with van der Waals surface area (Å²) >= 11 is 0. The summed E-state index contributed by atoms with van der Waals surface area (Å²) in [5.74, 6) is -0.910. The summed E-state index contributed by atoms with van der Waals surface area (Å²) in [6, 6.07) is 6.14. The van der Waals surface area contributed by atoms with E-state index < -0.39 is 5.97 Å². The van der Waals surface area contributed by atoms with Gasteiger partial charge in [-0.15, -0.1) is 0 Å². The second-order valence-corrected chi connectivity index (χ2v) is 5.43. The first-order valence-electron chi connectivity index (χ1n) is 7.24. The van der Waals surface area contributed by atoms with Gasteiger partial charge in [0.1, 0.15) is 12.6 Å². The number of carbonyl (C=O) groups is 1. The van der Waals surface area contributed by atoms with Crippen molar-refractivity contribution in [1.82, 2.24) is 4.98 Å². The van der Waals surface area contributed by atoms with Crippen LogP contribution in [-0.2, 0) is 4.79 Å². The van der Waals surface area contributed by atoms with Crippen LogP contribution in [0.5, 0.6) is 0 Å². The number of aromatic nitrogens is 1. The van der Waals surface area contributed by atoms with Crippen molar-refractivity contribution >= 4 is 22.6 Å². The second kappa shape index (κ2) is 6.44. The molecule has 2 aromatic rings. The number of benzene rings is 1. The van der Waals surface area contributed by atoms with Crippen molar-refractivity contribution < 1.29 is 9.90 Å². The van der Waals surface area contributed by atoms with E-state index in [-0.39, 0.29) is 6.54 Å². The molecule has 1 aromatic carbocycles. The summed E-state index contributed by atoms with van der Waals surface area (Å²) in [5, 5.41) is 19.4. The Bertz CT molecular complexity index is 763. The maximum Gasteiger partial charge on any atom is 0.323 e. The van der Waals surface area contributed by atoms with E-state index in [0.29, 0.717) is 17.8 Å². The molecule has 0 saturated carbocycles. The molecule has 5 heteroatoms. The average molecular weight is 297 g/mol. The van der Waals surface area contributed by atoms with E-state index in [1.54, 1.807) is 4.90 Å². The van der Waals surface area contributed by atoms with E-state index in [2.05, 4.69) is 11.1 Å². The lowest BCUT2D eigenvalue weighted by atomic mass is 10.0. The third-order valence-corrected chi connectivity index (χ3v) is 3.53. The highest BCUT2D eigenvalue weighted by Crippen LogP contribution is 2.32. The van der Waals surface area contributed by atoms with Gasteiger partial charge in [-0.2, -0.15) is 5.26 Å². The number of fused-ring (bicyclic) bond motifs is 1. The predicted octanol–water partition coefficient (Wildman–Crippen LogP) is 3.02. The molecule has 0 saturated heterocycles. The van der Waals surface area contributed by atoms with Gasteiger partial charge in [0.2, 0.25) is 0 Å². The molecule has 0 aliphatic carbocycles. The number of carboxylic acids is 1. The number of aryl methyl sites for hydroxylation is 2. The number of nitrogens with zero attached hydrogens (tertiary/aromatic N) is 3. The Hall–Kier alpha value is -2.61. The quantitative estimate of drug-likeness (QED) is 0.918. The number of hydrogen-bond acceptors (Lipinski definition) is 4. The number of hydrogen-bond donors (Lipinski definition) is 1. The summed E-state index contributed by atoms with van der Waals surface area (Å²) in [4.78, 5) is 17.3. The van der Waals surface area contributed by atoms with E-state index in [1.807, 2.05) is 32.9 Å². The molecule has 0 unspecified atom stereocenters. The van der Waals surface area contributed by atoms with E-state index in [1.165, 1.54) is 6.20 Å². The van der Waals surface area contributed by atoms with Gasteiger partial charge in [0.25, 0.3) is 0 Å². The molecule has 0 spiro atoms. The van der Waals surface area contributed by atoms with E-state index >= 15 is 0 Å². The van der Waals surface area contributed by atoms with Gasteiger partial charge in [0, 0.05) is 18.1 Å². The lowest BCUT2D eigenvalue weighted by Gasteiger charge is -2.25. The van der Waals surface area contributed by atoms with Crippen LogP contribution in [0.2, 0.25) is 0 Å². The van der Waals surface area contributed by atoms with Crippen LogP contribution in [0.15, 0.2) is 18.3 Å². The van der Waals surface area contributed by atoms with Gasteiger partial charge in [0.15, 0.2) is 0 Å². The van der Waals surface area contributed by atoms with Gasteiger partial charge >= 0.3 is 5.97 Å². The summed E-state index contributed by atoms with van der Waals surface area (Å²) in [7, 11) is 0. The van der Waals surface area contributed by atoms with E-state index in [0.717, 1.165) is 28.5 Å². The highest BCUT2D eigenvalue weighted by atomic mass is 16.4. The molecule has 114 valence electrons. The van der Waals surface area contributed by atoms with Crippen LogP contribution in [0.3, 0.4) is 0 Å². The van der Waals surface area contributed by atoms with Crippen LogP contribution in [-0.4, -0.2) is 29.1 Å². The Balaban J connectivity index is 2.77. The molecule has 0 atom stereocenters. The zero-order valence-corrected chi connectivity index (χ0v) is 13.1. The van der Waals surface area contributed by atoms with Gasteiger partial charge < -0.3 is 10.0 Å². The fourth-order valence-electron chi connectivity index (χ4n) is 2.77. The van der Waals surface area contributed by atoms with Crippen molar-refractivity contribution in [2.24, 2.45) is 0 Å². The minimum Gasteiger partial charge on any atom is -0.480 e. The van der Waals surface area contributed by atoms with Gasteiger partial charge in [-0.1, -0.05) is 18.6 Å². The highest BCUT2D eigenvalue weighted by molar-refractivity contribution is 5.97. The van der Waals surface area contributed by atoms with Crippen molar-refractivity contribution in [2.75, 3.05) is 18.0 Å². The molecule has 0 bridgehead atoms. The molecule has 0 aliphatic rings. The molecule has 22 heavy (non-hydrogen) atoms. The lowest BCUT2D eigenvalue weighted by Crippen LogP contribution is -2.31. The Morgan fingerprint density at radius 1 is 1.41 bits per heavy atom. The topological polar surface area (TPSA) is 77.2 Å². The first-order valence-corrected chi connectivity index (χ1v) is 7.24. The first kappa shape index (κ1) is 15.8. The monoisotopic (exact) mass is 297 g/mol. The van der Waals surface area contributed by atoms with Crippen molar-refractivity contribution in [3.8, 4) is 6.07 Å². The normalized spacial score (nSPS) is 10.5. The fourth-order valence-corrected chi connectivity index (χ4v) is 2.77. The highest BCUT2D eigenvalue weighted by Gasteiger charge is 2.18. The standard InChI is InChI=1S/C17H19N3O2/c1-4-5-20(10-15(21)22)17-13(8-18)9-19-16-12(3)6-11(2)7-14(16)17/h6-7,9H,4-5,10H2,1-3H3,(H,21,22). The molecule has 0 fully saturated rings. The Morgan fingerprint density at radius 3 is 2.73 bits per heavy atom. The number of nitriles is 1. The van der Waals surface area contributed by atoms with Crippen molar-refractivity contribution in [2.45, 2.75) is 27.2 Å². The smallest absolute Gasteiger partial charge is 0.323 e. The average Bonchev–Trinajstić information content (AvgIpc) is 2.45. The molecule has 2 rings (SSSR count). The Labute approximate surface area is 129 Å². The zero-order valence-electron chi connectivity index (χ0n) is 13.1. The van der Waals surface area contributed by atoms with Crippen molar-refractivity contribution in [3.05, 3.63) is 35.0 Å². The predicted molar refractivity (Wildman–Crippen MR) is 86.1 cm³/mol. The van der Waals surface area contributed by atoms with Crippen LogP contribution < -0.4 is 4.90 Å². The van der Waals surface area contributed by atoms with Crippen molar-refractivity contribution in [3.63, 3.8) is 0 Å². The van der Waals surface area contributed by atoms with Gasteiger partial charge in [-0.25, -0.2) is 0 Å². The molecule has 1 heterocycles. The third kappa shape index (κ3) is 3.01. The summed E-state index contributed by atoms with van der Waals surface area (Å²) in [6.07, 6.45) is 2.33. The van der Waals surface area contributed by atoms with Crippen molar-refractivity contribution in [1.29, 1.82) is 5.26 Å². The van der Waals surface area contributed by atoms with Gasteiger partial charge in [0.05, 0.1) is 16.8 Å².